The highest BCUT2D eigenvalue weighted by Crippen LogP contribution is 2.28. The average molecular weight is 320 g/mol. The zero-order valence-electron chi connectivity index (χ0n) is 11.0. The van der Waals surface area contributed by atoms with Crippen molar-refractivity contribution in [1.82, 2.24) is 4.90 Å². The predicted octanol–water partition coefficient (Wildman–Crippen LogP) is 1.96. The fraction of sp³-hybridized carbons (Fsp3) is 0.923. The van der Waals surface area contributed by atoms with Crippen LogP contribution in [0.15, 0.2) is 0 Å². The van der Waals surface area contributed by atoms with E-state index in [1.54, 1.807) is 0 Å². The van der Waals surface area contributed by atoms with E-state index in [2.05, 4.69) is 15.9 Å². The molecule has 2 aliphatic rings. The maximum atomic E-state index is 12.4. The van der Waals surface area contributed by atoms with Crippen molar-refractivity contribution in [3.63, 3.8) is 0 Å². The first kappa shape index (κ1) is 14.3. The van der Waals surface area contributed by atoms with Gasteiger partial charge in [0, 0.05) is 25.0 Å². The molecule has 2 rings (SSSR count). The van der Waals surface area contributed by atoms with Crippen LogP contribution in [0.2, 0.25) is 0 Å². The van der Waals surface area contributed by atoms with Gasteiger partial charge in [-0.2, -0.15) is 0 Å². The first-order chi connectivity index (χ1) is 8.65. The van der Waals surface area contributed by atoms with Crippen LogP contribution in [0, 0.1) is 0 Å². The van der Waals surface area contributed by atoms with Crippen LogP contribution in [-0.4, -0.2) is 54.1 Å². The largest absolute Gasteiger partial charge is 0.377 e. The van der Waals surface area contributed by atoms with Gasteiger partial charge in [0.1, 0.15) is 5.60 Å². The molecular formula is C13H22BrNO3. The molecule has 2 heterocycles. The quantitative estimate of drug-likeness (QED) is 0.743. The standard InChI is InChI=1S/C13H22BrNO3/c1-13(5-2-9-18-13)12(16)15-7-3-11(4-8-15)17-10-6-14/h11H,2-10H2,1H3. The molecule has 2 fully saturated rings. The maximum Gasteiger partial charge on any atom is 0.254 e. The molecule has 0 aromatic rings. The fourth-order valence-corrected chi connectivity index (χ4v) is 2.91. The van der Waals surface area contributed by atoms with Gasteiger partial charge in [0.15, 0.2) is 0 Å². The molecule has 0 spiro atoms. The molecule has 5 heteroatoms. The molecule has 1 amide bonds. The van der Waals surface area contributed by atoms with Gasteiger partial charge in [-0.05, 0) is 32.6 Å². The molecule has 0 radical (unpaired) electrons. The second-order valence-electron chi connectivity index (χ2n) is 5.23. The summed E-state index contributed by atoms with van der Waals surface area (Å²) in [7, 11) is 0. The van der Waals surface area contributed by atoms with Gasteiger partial charge in [-0.25, -0.2) is 0 Å². The van der Waals surface area contributed by atoms with Crippen molar-refractivity contribution >= 4 is 21.8 Å². The molecule has 2 saturated heterocycles. The number of rotatable bonds is 4. The van der Waals surface area contributed by atoms with Crippen LogP contribution in [0.5, 0.6) is 0 Å². The van der Waals surface area contributed by atoms with Crippen LogP contribution in [0.1, 0.15) is 32.6 Å². The normalized spacial score (nSPS) is 29.8. The summed E-state index contributed by atoms with van der Waals surface area (Å²) in [6.07, 6.45) is 4.03. The zero-order valence-corrected chi connectivity index (χ0v) is 12.6. The van der Waals surface area contributed by atoms with Gasteiger partial charge in [-0.1, -0.05) is 15.9 Å². The van der Waals surface area contributed by atoms with Gasteiger partial charge >= 0.3 is 0 Å². The molecule has 1 atom stereocenters. The molecule has 4 nitrogen and oxygen atoms in total. The van der Waals surface area contributed by atoms with Crippen molar-refractivity contribution in [1.29, 1.82) is 0 Å². The smallest absolute Gasteiger partial charge is 0.254 e. The number of halogens is 1. The third-order valence-corrected chi connectivity index (χ3v) is 4.15. The van der Waals surface area contributed by atoms with E-state index in [0.717, 1.165) is 50.7 Å². The van der Waals surface area contributed by atoms with Gasteiger partial charge in [0.25, 0.3) is 5.91 Å². The third-order valence-electron chi connectivity index (χ3n) is 3.83. The minimum Gasteiger partial charge on any atom is -0.377 e. The molecule has 2 aliphatic heterocycles. The summed E-state index contributed by atoms with van der Waals surface area (Å²) >= 11 is 3.36. The Kier molecular flexibility index (Phi) is 5.04. The summed E-state index contributed by atoms with van der Waals surface area (Å²) in [5.41, 5.74) is -0.566. The Bertz CT molecular complexity index is 284. The number of nitrogens with zero attached hydrogens (tertiary/aromatic N) is 1. The molecule has 104 valence electrons. The highest BCUT2D eigenvalue weighted by Gasteiger charge is 2.41. The van der Waals surface area contributed by atoms with Crippen molar-refractivity contribution in [2.75, 3.05) is 31.6 Å². The lowest BCUT2D eigenvalue weighted by atomic mass is 9.98. The maximum absolute atomic E-state index is 12.4. The first-order valence-electron chi connectivity index (χ1n) is 6.76. The number of amides is 1. The molecule has 0 N–H and O–H groups in total. The Morgan fingerprint density at radius 1 is 1.50 bits per heavy atom. The number of ether oxygens (including phenoxy) is 2. The van der Waals surface area contributed by atoms with E-state index in [4.69, 9.17) is 9.47 Å². The van der Waals surface area contributed by atoms with Gasteiger partial charge in [0.05, 0.1) is 12.7 Å². The molecule has 18 heavy (non-hydrogen) atoms. The Hall–Kier alpha value is -0.130. The minimum atomic E-state index is -0.566. The summed E-state index contributed by atoms with van der Waals surface area (Å²) in [5, 5.41) is 0.873. The van der Waals surface area contributed by atoms with E-state index in [1.807, 2.05) is 11.8 Å². The Morgan fingerprint density at radius 3 is 2.78 bits per heavy atom. The van der Waals surface area contributed by atoms with E-state index in [0.29, 0.717) is 12.7 Å². The van der Waals surface area contributed by atoms with Gasteiger partial charge in [-0.15, -0.1) is 0 Å². The van der Waals surface area contributed by atoms with Crippen LogP contribution in [-0.2, 0) is 14.3 Å². The molecule has 0 aliphatic carbocycles. The van der Waals surface area contributed by atoms with Crippen molar-refractivity contribution in [3.8, 4) is 0 Å². The first-order valence-corrected chi connectivity index (χ1v) is 7.89. The highest BCUT2D eigenvalue weighted by molar-refractivity contribution is 9.09. The van der Waals surface area contributed by atoms with E-state index >= 15 is 0 Å². The summed E-state index contributed by atoms with van der Waals surface area (Å²) in [5.74, 6) is 0.166. The summed E-state index contributed by atoms with van der Waals surface area (Å²) in [6.45, 7) is 4.98. The molecule has 0 aromatic carbocycles. The Labute approximate surface area is 117 Å². The lowest BCUT2D eigenvalue weighted by molar-refractivity contribution is -0.153. The number of hydrogen-bond acceptors (Lipinski definition) is 3. The van der Waals surface area contributed by atoms with Crippen molar-refractivity contribution < 1.29 is 14.3 Å². The summed E-state index contributed by atoms with van der Waals surface area (Å²) in [4.78, 5) is 14.3. The molecule has 0 bridgehead atoms. The lowest BCUT2D eigenvalue weighted by Crippen LogP contribution is -2.50. The number of alkyl halides is 1. The van der Waals surface area contributed by atoms with Crippen LogP contribution in [0.3, 0.4) is 0 Å². The van der Waals surface area contributed by atoms with E-state index in [-0.39, 0.29) is 5.91 Å². The lowest BCUT2D eigenvalue weighted by Gasteiger charge is -2.36. The third kappa shape index (κ3) is 3.25. The van der Waals surface area contributed by atoms with E-state index in [1.165, 1.54) is 0 Å². The SMILES string of the molecule is CC1(C(=O)N2CCC(OCCBr)CC2)CCCO1. The number of piperidine rings is 1. The van der Waals surface area contributed by atoms with E-state index in [9.17, 15) is 4.79 Å². The second-order valence-corrected chi connectivity index (χ2v) is 6.03. The van der Waals surface area contributed by atoms with Crippen molar-refractivity contribution in [3.05, 3.63) is 0 Å². The Balaban J connectivity index is 1.80. The van der Waals surface area contributed by atoms with Gasteiger partial charge in [0.2, 0.25) is 0 Å². The number of carbonyl (C=O) groups excluding carboxylic acids is 1. The minimum absolute atomic E-state index is 0.166. The van der Waals surface area contributed by atoms with Crippen molar-refractivity contribution in [2.45, 2.75) is 44.3 Å². The molecular weight excluding hydrogens is 298 g/mol. The average Bonchev–Trinajstić information content (AvgIpc) is 2.84. The molecule has 0 saturated carbocycles. The van der Waals surface area contributed by atoms with Crippen LogP contribution in [0.4, 0.5) is 0 Å². The summed E-state index contributed by atoms with van der Waals surface area (Å²) in [6, 6.07) is 0. The van der Waals surface area contributed by atoms with E-state index < -0.39 is 5.60 Å². The van der Waals surface area contributed by atoms with Gasteiger partial charge < -0.3 is 14.4 Å². The summed E-state index contributed by atoms with van der Waals surface area (Å²) < 4.78 is 11.3. The highest BCUT2D eigenvalue weighted by atomic mass is 79.9. The second kappa shape index (κ2) is 6.35. The van der Waals surface area contributed by atoms with Crippen molar-refractivity contribution in [2.24, 2.45) is 0 Å². The monoisotopic (exact) mass is 319 g/mol. The van der Waals surface area contributed by atoms with Crippen LogP contribution in [0.25, 0.3) is 0 Å². The fourth-order valence-electron chi connectivity index (χ4n) is 2.72. The zero-order chi connectivity index (χ0) is 13.0. The van der Waals surface area contributed by atoms with Crippen LogP contribution >= 0.6 is 15.9 Å². The number of likely N-dealkylation sites (tertiary alicyclic amines) is 1. The number of carbonyl (C=O) groups is 1. The molecule has 0 aromatic heterocycles. The topological polar surface area (TPSA) is 38.8 Å². The van der Waals surface area contributed by atoms with Gasteiger partial charge in [-0.3, -0.25) is 4.79 Å². The Morgan fingerprint density at radius 2 is 2.22 bits per heavy atom. The van der Waals surface area contributed by atoms with Crippen LogP contribution < -0.4 is 0 Å². The predicted molar refractivity (Wildman–Crippen MR) is 72.9 cm³/mol. The molecule has 1 unspecified atom stereocenters. The number of hydrogen-bond donors (Lipinski definition) is 0.